The minimum absolute atomic E-state index is 0. The summed E-state index contributed by atoms with van der Waals surface area (Å²) in [5.41, 5.74) is 0. The summed E-state index contributed by atoms with van der Waals surface area (Å²) in [4.78, 5) is 14.7. The van der Waals surface area contributed by atoms with Crippen molar-refractivity contribution in [3.05, 3.63) is 0 Å². The molecule has 4 nitrogen and oxygen atoms in total. The molecule has 6 heteroatoms. The first-order valence-corrected chi connectivity index (χ1v) is 7.58. The Balaban J connectivity index is 0.000001000. The Hall–Kier alpha value is -0.0300. The number of carbonyl (C=O) groups excluding carboxylic acids is 1. The average molecular weight is 324 g/mol. The predicted molar refractivity (Wildman–Crippen MR) is 85.8 cm³/mol. The normalized spacial score (nSPS) is 28.1. The fraction of sp³-hybridized carbons (Fsp3) is 0.929. The highest BCUT2D eigenvalue weighted by Crippen LogP contribution is 2.29. The highest BCUT2D eigenvalue weighted by molar-refractivity contribution is 5.85. The van der Waals surface area contributed by atoms with E-state index in [0.717, 1.165) is 44.8 Å². The third-order valence-corrected chi connectivity index (χ3v) is 4.61. The number of hydrogen-bond acceptors (Lipinski definition) is 3. The van der Waals surface area contributed by atoms with Crippen molar-refractivity contribution in [3.8, 4) is 0 Å². The molecular formula is C14H27Cl2N3O. The van der Waals surface area contributed by atoms with E-state index in [1.165, 1.54) is 25.9 Å². The minimum atomic E-state index is 0. The Kier molecular flexibility index (Phi) is 7.59. The Bertz CT molecular complexity index is 299. The highest BCUT2D eigenvalue weighted by Gasteiger charge is 2.32. The molecule has 0 radical (unpaired) electrons. The maximum absolute atomic E-state index is 12.1. The molecule has 0 spiro atoms. The second-order valence-corrected chi connectivity index (χ2v) is 6.09. The average Bonchev–Trinajstić information content (AvgIpc) is 3.25. The molecule has 1 saturated carbocycles. The van der Waals surface area contributed by atoms with Crippen LogP contribution in [0.15, 0.2) is 0 Å². The predicted octanol–water partition coefficient (Wildman–Crippen LogP) is 1.57. The van der Waals surface area contributed by atoms with Gasteiger partial charge in [0.25, 0.3) is 0 Å². The van der Waals surface area contributed by atoms with Gasteiger partial charge in [-0.05, 0) is 45.1 Å². The fourth-order valence-corrected chi connectivity index (χ4v) is 3.24. The fourth-order valence-electron chi connectivity index (χ4n) is 3.24. The number of nitrogens with one attached hydrogen (secondary N) is 2. The van der Waals surface area contributed by atoms with Crippen LogP contribution in [0.1, 0.15) is 38.5 Å². The number of rotatable bonds is 3. The first-order valence-electron chi connectivity index (χ1n) is 7.58. The smallest absolute Gasteiger partial charge is 0.224 e. The van der Waals surface area contributed by atoms with Crippen LogP contribution in [0.5, 0.6) is 0 Å². The van der Waals surface area contributed by atoms with E-state index < -0.39 is 0 Å². The van der Waals surface area contributed by atoms with E-state index in [2.05, 4.69) is 15.5 Å². The first kappa shape index (κ1) is 18.0. The second-order valence-electron chi connectivity index (χ2n) is 6.09. The maximum atomic E-state index is 12.1. The first-order chi connectivity index (χ1) is 8.83. The zero-order valence-electron chi connectivity index (χ0n) is 12.0. The molecule has 3 fully saturated rings. The Labute approximate surface area is 134 Å². The molecule has 1 aliphatic carbocycles. The number of hydrogen-bond donors (Lipinski definition) is 2. The molecule has 0 aromatic heterocycles. The number of halogens is 2. The zero-order chi connectivity index (χ0) is 12.4. The van der Waals surface area contributed by atoms with Crippen molar-refractivity contribution >= 4 is 30.7 Å². The molecule has 20 heavy (non-hydrogen) atoms. The van der Waals surface area contributed by atoms with E-state index in [1.807, 2.05) is 0 Å². The number of piperidine rings is 2. The third-order valence-electron chi connectivity index (χ3n) is 4.61. The van der Waals surface area contributed by atoms with Crippen LogP contribution in [0.4, 0.5) is 0 Å². The van der Waals surface area contributed by atoms with Crippen molar-refractivity contribution in [2.75, 3.05) is 26.2 Å². The van der Waals surface area contributed by atoms with Crippen molar-refractivity contribution in [1.29, 1.82) is 0 Å². The van der Waals surface area contributed by atoms with Crippen molar-refractivity contribution < 1.29 is 4.79 Å². The van der Waals surface area contributed by atoms with E-state index in [9.17, 15) is 4.79 Å². The summed E-state index contributed by atoms with van der Waals surface area (Å²) in [5, 5.41) is 6.58. The van der Waals surface area contributed by atoms with Gasteiger partial charge < -0.3 is 15.5 Å². The summed E-state index contributed by atoms with van der Waals surface area (Å²) < 4.78 is 0. The lowest BCUT2D eigenvalue weighted by molar-refractivity contribution is -0.126. The molecular weight excluding hydrogens is 297 g/mol. The molecule has 0 unspecified atom stereocenters. The molecule has 0 bridgehead atoms. The van der Waals surface area contributed by atoms with E-state index in [1.54, 1.807) is 0 Å². The Morgan fingerprint density at radius 3 is 2.30 bits per heavy atom. The number of amides is 1. The number of likely N-dealkylation sites (tertiary alicyclic amines) is 1. The summed E-state index contributed by atoms with van der Waals surface area (Å²) in [6.45, 7) is 4.30. The highest BCUT2D eigenvalue weighted by atomic mass is 35.5. The van der Waals surface area contributed by atoms with Crippen LogP contribution in [-0.2, 0) is 4.79 Å². The lowest BCUT2D eigenvalue weighted by atomic mass is 9.97. The molecule has 2 N–H and O–H groups in total. The molecule has 2 aliphatic heterocycles. The van der Waals surface area contributed by atoms with Crippen molar-refractivity contribution in [2.24, 2.45) is 5.92 Å². The lowest BCUT2D eigenvalue weighted by Gasteiger charge is -2.33. The van der Waals surface area contributed by atoms with Crippen molar-refractivity contribution in [1.82, 2.24) is 15.5 Å². The SMILES string of the molecule is Cl.Cl.O=C(NC1CCN(C2CC2)CC1)[C@@H]1CCCNC1. The molecule has 2 saturated heterocycles. The van der Waals surface area contributed by atoms with Crippen LogP contribution in [0.3, 0.4) is 0 Å². The monoisotopic (exact) mass is 323 g/mol. The largest absolute Gasteiger partial charge is 0.353 e. The van der Waals surface area contributed by atoms with Gasteiger partial charge in [-0.3, -0.25) is 4.79 Å². The molecule has 1 amide bonds. The van der Waals surface area contributed by atoms with Crippen molar-refractivity contribution in [3.63, 3.8) is 0 Å². The van der Waals surface area contributed by atoms with Gasteiger partial charge in [-0.2, -0.15) is 0 Å². The van der Waals surface area contributed by atoms with Crippen LogP contribution in [0, 0.1) is 5.92 Å². The van der Waals surface area contributed by atoms with Gasteiger partial charge in [0, 0.05) is 31.7 Å². The van der Waals surface area contributed by atoms with Gasteiger partial charge in [0.1, 0.15) is 0 Å². The standard InChI is InChI=1S/C14H25N3O.2ClH/c18-14(11-2-1-7-15-10-11)16-12-5-8-17(9-6-12)13-3-4-13;;/h11-13,15H,1-10H2,(H,16,18);2*1H/t11-;;/m1../s1. The number of nitrogens with zero attached hydrogens (tertiary/aromatic N) is 1. The van der Waals surface area contributed by atoms with E-state index in [4.69, 9.17) is 0 Å². The summed E-state index contributed by atoms with van der Waals surface area (Å²) in [6.07, 6.45) is 7.26. The zero-order valence-corrected chi connectivity index (χ0v) is 13.6. The van der Waals surface area contributed by atoms with Gasteiger partial charge in [0.05, 0.1) is 5.92 Å². The van der Waals surface area contributed by atoms with E-state index in [-0.39, 0.29) is 36.6 Å². The van der Waals surface area contributed by atoms with Gasteiger partial charge in [-0.1, -0.05) is 0 Å². The van der Waals surface area contributed by atoms with Crippen LogP contribution in [0.25, 0.3) is 0 Å². The second kappa shape index (κ2) is 8.42. The number of carbonyl (C=O) groups is 1. The Morgan fingerprint density at radius 2 is 1.75 bits per heavy atom. The summed E-state index contributed by atoms with van der Waals surface area (Å²) >= 11 is 0. The molecule has 118 valence electrons. The molecule has 2 heterocycles. The molecule has 0 aromatic rings. The van der Waals surface area contributed by atoms with Gasteiger partial charge in [0.15, 0.2) is 0 Å². The quantitative estimate of drug-likeness (QED) is 0.828. The van der Waals surface area contributed by atoms with E-state index in [0.29, 0.717) is 6.04 Å². The van der Waals surface area contributed by atoms with Crippen LogP contribution < -0.4 is 10.6 Å². The maximum Gasteiger partial charge on any atom is 0.224 e. The minimum Gasteiger partial charge on any atom is -0.353 e. The summed E-state index contributed by atoms with van der Waals surface area (Å²) in [7, 11) is 0. The topological polar surface area (TPSA) is 44.4 Å². The van der Waals surface area contributed by atoms with Gasteiger partial charge in [0.2, 0.25) is 5.91 Å². The van der Waals surface area contributed by atoms with Crippen LogP contribution in [0.2, 0.25) is 0 Å². The van der Waals surface area contributed by atoms with Crippen LogP contribution in [-0.4, -0.2) is 49.1 Å². The molecule has 0 aromatic carbocycles. The molecule has 3 rings (SSSR count). The third kappa shape index (κ3) is 4.76. The van der Waals surface area contributed by atoms with Crippen LogP contribution >= 0.6 is 24.8 Å². The lowest BCUT2D eigenvalue weighted by Crippen LogP contribution is -2.49. The molecule has 3 aliphatic rings. The summed E-state index contributed by atoms with van der Waals surface area (Å²) in [5.74, 6) is 0.493. The van der Waals surface area contributed by atoms with E-state index >= 15 is 0 Å². The Morgan fingerprint density at radius 1 is 1.05 bits per heavy atom. The molecule has 1 atom stereocenters. The summed E-state index contributed by atoms with van der Waals surface area (Å²) in [6, 6.07) is 1.30. The van der Waals surface area contributed by atoms with Crippen molar-refractivity contribution in [2.45, 2.75) is 50.6 Å². The van der Waals surface area contributed by atoms with Gasteiger partial charge in [-0.25, -0.2) is 0 Å². The van der Waals surface area contributed by atoms with Gasteiger partial charge in [-0.15, -0.1) is 24.8 Å². The van der Waals surface area contributed by atoms with Gasteiger partial charge >= 0.3 is 0 Å².